The number of hydrazone groups is 1. The molecule has 5 heteroatoms. The van der Waals surface area contributed by atoms with Crippen LogP contribution >= 0.6 is 12.2 Å². The Labute approximate surface area is 107 Å². The molecular formula is C12H18N4S. The molecule has 92 valence electrons. The van der Waals surface area contributed by atoms with Crippen LogP contribution in [0, 0.1) is 5.92 Å². The number of likely N-dealkylation sites (tertiary alicyclic amines) is 1. The molecule has 0 bridgehead atoms. The summed E-state index contributed by atoms with van der Waals surface area (Å²) in [6, 6.07) is 0.131. The van der Waals surface area contributed by atoms with E-state index in [2.05, 4.69) is 33.4 Å². The second-order valence-corrected chi connectivity index (χ2v) is 4.88. The lowest BCUT2D eigenvalue weighted by Crippen LogP contribution is -2.46. The number of aliphatic imine (C=N–C) groups is 1. The molecule has 2 aliphatic rings. The van der Waals surface area contributed by atoms with Gasteiger partial charge in [0.2, 0.25) is 0 Å². The van der Waals surface area contributed by atoms with Gasteiger partial charge < -0.3 is 4.90 Å². The summed E-state index contributed by atoms with van der Waals surface area (Å²) in [5.74, 6) is 0.392. The molecule has 2 aliphatic heterocycles. The van der Waals surface area contributed by atoms with E-state index >= 15 is 0 Å². The summed E-state index contributed by atoms with van der Waals surface area (Å²) in [5, 5.41) is 5.06. The van der Waals surface area contributed by atoms with Crippen LogP contribution in [-0.2, 0) is 0 Å². The zero-order valence-corrected chi connectivity index (χ0v) is 11.1. The maximum absolute atomic E-state index is 5.23. The summed E-state index contributed by atoms with van der Waals surface area (Å²) in [4.78, 5) is 6.54. The predicted octanol–water partition coefficient (Wildman–Crippen LogP) is 1.59. The van der Waals surface area contributed by atoms with Gasteiger partial charge in [-0.2, -0.15) is 5.10 Å². The summed E-state index contributed by atoms with van der Waals surface area (Å²) >= 11 is 5.23. The van der Waals surface area contributed by atoms with Crippen molar-refractivity contribution in [3.63, 3.8) is 0 Å². The molecule has 0 aromatic rings. The molecule has 1 saturated heterocycles. The Morgan fingerprint density at radius 1 is 1.53 bits per heavy atom. The van der Waals surface area contributed by atoms with E-state index in [1.807, 2.05) is 19.2 Å². The molecule has 0 radical (unpaired) electrons. The van der Waals surface area contributed by atoms with Crippen LogP contribution in [0.3, 0.4) is 0 Å². The largest absolute Gasteiger partial charge is 0.348 e. The topological polar surface area (TPSA) is 40.0 Å². The van der Waals surface area contributed by atoms with E-state index in [-0.39, 0.29) is 6.04 Å². The molecule has 2 heterocycles. The van der Waals surface area contributed by atoms with Crippen molar-refractivity contribution in [3.8, 4) is 0 Å². The Balaban J connectivity index is 1.90. The SMILES string of the molecule is C/C(=N\NC(=S)N1CCC1)C1N=CC=CC1C. The lowest BCUT2D eigenvalue weighted by molar-refractivity contribution is 0.296. The lowest BCUT2D eigenvalue weighted by atomic mass is 9.97. The molecule has 1 N–H and O–H groups in total. The minimum absolute atomic E-state index is 0.131. The van der Waals surface area contributed by atoms with Gasteiger partial charge in [-0.05, 0) is 31.6 Å². The fourth-order valence-corrected chi connectivity index (χ4v) is 2.12. The second kappa shape index (κ2) is 5.40. The van der Waals surface area contributed by atoms with Gasteiger partial charge in [-0.15, -0.1) is 0 Å². The van der Waals surface area contributed by atoms with Crippen LogP contribution in [0.15, 0.2) is 22.2 Å². The lowest BCUT2D eigenvalue weighted by Gasteiger charge is -2.32. The highest BCUT2D eigenvalue weighted by atomic mass is 32.1. The van der Waals surface area contributed by atoms with E-state index in [0.29, 0.717) is 5.92 Å². The van der Waals surface area contributed by atoms with E-state index in [9.17, 15) is 0 Å². The van der Waals surface area contributed by atoms with Gasteiger partial charge in [0.05, 0.1) is 11.8 Å². The molecule has 0 aliphatic carbocycles. The molecule has 2 rings (SSSR count). The molecule has 1 fully saturated rings. The van der Waals surface area contributed by atoms with Crippen LogP contribution in [-0.4, -0.2) is 41.1 Å². The molecule has 0 aromatic heterocycles. The quantitative estimate of drug-likeness (QED) is 0.459. The number of allylic oxidation sites excluding steroid dienone is 1. The minimum Gasteiger partial charge on any atom is -0.348 e. The van der Waals surface area contributed by atoms with Crippen molar-refractivity contribution < 1.29 is 0 Å². The number of thiocarbonyl (C=S) groups is 1. The first kappa shape index (κ1) is 12.2. The van der Waals surface area contributed by atoms with Crippen LogP contribution < -0.4 is 5.43 Å². The third kappa shape index (κ3) is 2.91. The van der Waals surface area contributed by atoms with E-state index in [1.54, 1.807) is 0 Å². The number of nitrogens with zero attached hydrogens (tertiary/aromatic N) is 3. The predicted molar refractivity (Wildman–Crippen MR) is 75.6 cm³/mol. The zero-order chi connectivity index (χ0) is 12.3. The average Bonchev–Trinajstić information content (AvgIpc) is 2.24. The van der Waals surface area contributed by atoms with Gasteiger partial charge in [0, 0.05) is 25.2 Å². The van der Waals surface area contributed by atoms with Crippen molar-refractivity contribution in [2.45, 2.75) is 26.3 Å². The molecule has 2 atom stereocenters. The van der Waals surface area contributed by atoms with E-state index in [1.165, 1.54) is 6.42 Å². The zero-order valence-electron chi connectivity index (χ0n) is 10.3. The summed E-state index contributed by atoms with van der Waals surface area (Å²) in [7, 11) is 0. The summed E-state index contributed by atoms with van der Waals surface area (Å²) in [6.07, 6.45) is 7.17. The third-order valence-corrected chi connectivity index (χ3v) is 3.49. The fourth-order valence-electron chi connectivity index (χ4n) is 1.89. The Morgan fingerprint density at radius 2 is 2.29 bits per heavy atom. The molecule has 4 nitrogen and oxygen atoms in total. The summed E-state index contributed by atoms with van der Waals surface area (Å²) in [5.41, 5.74) is 3.92. The van der Waals surface area contributed by atoms with E-state index in [0.717, 1.165) is 23.9 Å². The van der Waals surface area contributed by atoms with Crippen LogP contribution in [0.25, 0.3) is 0 Å². The fraction of sp³-hybridized carbons (Fsp3) is 0.583. The minimum atomic E-state index is 0.131. The Hall–Kier alpha value is -1.23. The highest BCUT2D eigenvalue weighted by Crippen LogP contribution is 2.14. The molecule has 0 amide bonds. The Morgan fingerprint density at radius 3 is 2.88 bits per heavy atom. The molecule has 0 spiro atoms. The molecule has 0 aromatic carbocycles. The highest BCUT2D eigenvalue weighted by Gasteiger charge is 2.20. The standard InChI is InChI=1S/C12H18N4S/c1-9-5-3-6-13-11(9)10(2)14-15-12(17)16-7-4-8-16/h3,5-6,9,11H,4,7-8H2,1-2H3,(H,15,17)/b14-10+. The first-order valence-corrected chi connectivity index (χ1v) is 6.38. The van der Waals surface area contributed by atoms with Crippen molar-refractivity contribution in [3.05, 3.63) is 12.2 Å². The van der Waals surface area contributed by atoms with Crippen molar-refractivity contribution >= 4 is 29.3 Å². The van der Waals surface area contributed by atoms with Crippen LogP contribution in [0.5, 0.6) is 0 Å². The van der Waals surface area contributed by atoms with E-state index in [4.69, 9.17) is 12.2 Å². The number of dihydropyridines is 1. The molecule has 0 saturated carbocycles. The Bertz CT molecular complexity index is 382. The van der Waals surface area contributed by atoms with Gasteiger partial charge >= 0.3 is 0 Å². The molecular weight excluding hydrogens is 232 g/mol. The van der Waals surface area contributed by atoms with Crippen molar-refractivity contribution in [1.82, 2.24) is 10.3 Å². The number of hydrogen-bond donors (Lipinski definition) is 1. The molecule has 17 heavy (non-hydrogen) atoms. The van der Waals surface area contributed by atoms with Gasteiger partial charge in [-0.3, -0.25) is 10.4 Å². The van der Waals surface area contributed by atoms with Gasteiger partial charge in [0.15, 0.2) is 5.11 Å². The second-order valence-electron chi connectivity index (χ2n) is 4.50. The average molecular weight is 250 g/mol. The van der Waals surface area contributed by atoms with Crippen LogP contribution in [0.2, 0.25) is 0 Å². The number of hydrogen-bond acceptors (Lipinski definition) is 3. The smallest absolute Gasteiger partial charge is 0.189 e. The van der Waals surface area contributed by atoms with Crippen molar-refractivity contribution in [2.75, 3.05) is 13.1 Å². The number of rotatable bonds is 2. The monoisotopic (exact) mass is 250 g/mol. The first-order valence-electron chi connectivity index (χ1n) is 5.97. The van der Waals surface area contributed by atoms with E-state index < -0.39 is 0 Å². The van der Waals surface area contributed by atoms with Gasteiger partial charge in [-0.1, -0.05) is 13.0 Å². The van der Waals surface area contributed by atoms with Gasteiger partial charge in [0.1, 0.15) is 0 Å². The highest BCUT2D eigenvalue weighted by molar-refractivity contribution is 7.80. The summed E-state index contributed by atoms with van der Waals surface area (Å²) in [6.45, 7) is 6.22. The molecule has 2 unspecified atom stereocenters. The van der Waals surface area contributed by atoms with Gasteiger partial charge in [-0.25, -0.2) is 0 Å². The third-order valence-electron chi connectivity index (χ3n) is 3.14. The van der Waals surface area contributed by atoms with Crippen molar-refractivity contribution in [1.29, 1.82) is 0 Å². The Kier molecular flexibility index (Phi) is 3.89. The first-order chi connectivity index (χ1) is 8.18. The van der Waals surface area contributed by atoms with Crippen LogP contribution in [0.1, 0.15) is 20.3 Å². The summed E-state index contributed by atoms with van der Waals surface area (Å²) < 4.78 is 0. The van der Waals surface area contributed by atoms with Crippen LogP contribution in [0.4, 0.5) is 0 Å². The van der Waals surface area contributed by atoms with Gasteiger partial charge in [0.25, 0.3) is 0 Å². The maximum atomic E-state index is 5.23. The maximum Gasteiger partial charge on any atom is 0.189 e. The van der Waals surface area contributed by atoms with Crippen molar-refractivity contribution in [2.24, 2.45) is 16.0 Å². The normalized spacial score (nSPS) is 27.9. The number of nitrogens with one attached hydrogen (secondary N) is 1.